The van der Waals surface area contributed by atoms with Crippen molar-refractivity contribution >= 4 is 15.9 Å². The van der Waals surface area contributed by atoms with Crippen molar-refractivity contribution in [1.82, 2.24) is 9.62 Å². The van der Waals surface area contributed by atoms with Crippen molar-refractivity contribution in [3.63, 3.8) is 0 Å². The molecule has 1 amide bonds. The Morgan fingerprint density at radius 2 is 2.00 bits per heavy atom. The van der Waals surface area contributed by atoms with E-state index in [1.165, 1.54) is 23.5 Å². The molecule has 1 saturated heterocycles. The third-order valence-corrected chi connectivity index (χ3v) is 6.02. The minimum Gasteiger partial charge on any atom is -0.495 e. The predicted octanol–water partition coefficient (Wildman–Crippen LogP) is 2.01. The van der Waals surface area contributed by atoms with Crippen molar-refractivity contribution in [2.45, 2.75) is 44.0 Å². The number of nitrogens with one attached hydrogen (secondary N) is 1. The van der Waals surface area contributed by atoms with Gasteiger partial charge < -0.3 is 10.1 Å². The molecule has 1 aromatic carbocycles. The first kappa shape index (κ1) is 17.7. The predicted molar refractivity (Wildman–Crippen MR) is 88.2 cm³/mol. The maximum Gasteiger partial charge on any atom is 0.251 e. The van der Waals surface area contributed by atoms with E-state index in [0.717, 1.165) is 19.3 Å². The molecule has 0 aromatic heterocycles. The minimum absolute atomic E-state index is 0.0308. The van der Waals surface area contributed by atoms with Gasteiger partial charge in [-0.15, -0.1) is 0 Å². The second-order valence-corrected chi connectivity index (χ2v) is 7.67. The molecular weight excluding hydrogens is 316 g/mol. The summed E-state index contributed by atoms with van der Waals surface area (Å²) in [6, 6.07) is 4.56. The van der Waals surface area contributed by atoms with Crippen molar-refractivity contribution < 1.29 is 17.9 Å². The maximum absolute atomic E-state index is 12.8. The minimum atomic E-state index is -3.64. The van der Waals surface area contributed by atoms with Crippen molar-refractivity contribution in [2.24, 2.45) is 0 Å². The van der Waals surface area contributed by atoms with Crippen LogP contribution in [-0.4, -0.2) is 44.9 Å². The van der Waals surface area contributed by atoms with Gasteiger partial charge in [-0.2, -0.15) is 4.31 Å². The molecule has 6 nitrogen and oxygen atoms in total. The van der Waals surface area contributed by atoms with Gasteiger partial charge in [0.1, 0.15) is 10.6 Å². The van der Waals surface area contributed by atoms with Crippen LogP contribution < -0.4 is 10.1 Å². The van der Waals surface area contributed by atoms with Crippen molar-refractivity contribution in [3.8, 4) is 5.75 Å². The number of sulfonamides is 1. The highest BCUT2D eigenvalue weighted by Crippen LogP contribution is 2.29. The summed E-state index contributed by atoms with van der Waals surface area (Å²) in [5, 5.41) is 2.84. The monoisotopic (exact) mass is 340 g/mol. The quantitative estimate of drug-likeness (QED) is 0.859. The molecule has 0 spiro atoms. The molecule has 1 aromatic rings. The molecule has 0 radical (unpaired) electrons. The Bertz CT molecular complexity index is 667. The molecule has 2 rings (SSSR count). The molecule has 1 aliphatic rings. The molecule has 7 heteroatoms. The van der Waals surface area contributed by atoms with Crippen LogP contribution in [0.1, 0.15) is 43.5 Å². The van der Waals surface area contributed by atoms with Crippen LogP contribution in [0.4, 0.5) is 0 Å². The van der Waals surface area contributed by atoms with Crippen molar-refractivity contribution in [2.75, 3.05) is 20.2 Å². The van der Waals surface area contributed by atoms with E-state index in [1.807, 2.05) is 13.8 Å². The first-order valence-electron chi connectivity index (χ1n) is 7.89. The number of ether oxygens (including phenoxy) is 1. The van der Waals surface area contributed by atoms with E-state index in [1.54, 1.807) is 6.07 Å². The van der Waals surface area contributed by atoms with E-state index in [-0.39, 0.29) is 22.6 Å². The number of methoxy groups -OCH3 is 1. The van der Waals surface area contributed by atoms with Crippen molar-refractivity contribution in [1.29, 1.82) is 0 Å². The van der Waals surface area contributed by atoms with E-state index in [9.17, 15) is 13.2 Å². The van der Waals surface area contributed by atoms with Gasteiger partial charge in [-0.25, -0.2) is 8.42 Å². The molecule has 128 valence electrons. The van der Waals surface area contributed by atoms with Crippen LogP contribution in [0.25, 0.3) is 0 Å². The van der Waals surface area contributed by atoms with E-state index < -0.39 is 10.0 Å². The summed E-state index contributed by atoms with van der Waals surface area (Å²) in [7, 11) is -2.22. The molecule has 0 saturated carbocycles. The topological polar surface area (TPSA) is 75.7 Å². The van der Waals surface area contributed by atoms with Crippen molar-refractivity contribution in [3.05, 3.63) is 23.8 Å². The fraction of sp³-hybridized carbons (Fsp3) is 0.562. The van der Waals surface area contributed by atoms with E-state index in [2.05, 4.69) is 5.32 Å². The van der Waals surface area contributed by atoms with Crippen LogP contribution in [0.2, 0.25) is 0 Å². The van der Waals surface area contributed by atoms with Gasteiger partial charge in [0.2, 0.25) is 10.0 Å². The lowest BCUT2D eigenvalue weighted by molar-refractivity contribution is 0.0939. The first-order chi connectivity index (χ1) is 10.9. The highest BCUT2D eigenvalue weighted by Gasteiger charge is 2.30. The molecule has 1 N–H and O–H groups in total. The largest absolute Gasteiger partial charge is 0.495 e. The average Bonchev–Trinajstić information content (AvgIpc) is 3.09. The van der Waals surface area contributed by atoms with Gasteiger partial charge in [0.25, 0.3) is 5.91 Å². The number of rotatable bonds is 6. The highest BCUT2D eigenvalue weighted by atomic mass is 32.2. The number of hydrogen-bond acceptors (Lipinski definition) is 4. The lowest BCUT2D eigenvalue weighted by atomic mass is 10.2. The standard InChI is InChI=1S/C16H24N2O4S/c1-4-12(2)17-16(19)13-7-8-14(22-3)15(11-13)23(20,21)18-9-5-6-10-18/h7-8,11-12H,4-6,9-10H2,1-3H3,(H,17,19)/t12-/m0/s1. The van der Waals surface area contributed by atoms with E-state index in [4.69, 9.17) is 4.74 Å². The molecule has 0 bridgehead atoms. The molecule has 0 aliphatic carbocycles. The molecule has 0 unspecified atom stereocenters. The Hall–Kier alpha value is -1.60. The summed E-state index contributed by atoms with van der Waals surface area (Å²) in [5.74, 6) is -0.0168. The number of benzene rings is 1. The fourth-order valence-corrected chi connectivity index (χ4v) is 4.19. The summed E-state index contributed by atoms with van der Waals surface area (Å²) >= 11 is 0. The van der Waals surface area contributed by atoms with E-state index >= 15 is 0 Å². The number of carbonyl (C=O) groups excluding carboxylic acids is 1. The van der Waals surface area contributed by atoms with Gasteiger partial charge in [-0.3, -0.25) is 4.79 Å². The van der Waals surface area contributed by atoms with Gasteiger partial charge in [0.15, 0.2) is 0 Å². The van der Waals surface area contributed by atoms with Crippen LogP contribution in [0, 0.1) is 0 Å². The number of amides is 1. The van der Waals surface area contributed by atoms with Gasteiger partial charge in [-0.05, 0) is 44.4 Å². The summed E-state index contributed by atoms with van der Waals surface area (Å²) < 4.78 is 32.2. The Kier molecular flexibility index (Phi) is 5.64. The molecule has 23 heavy (non-hydrogen) atoms. The van der Waals surface area contributed by atoms with Crippen LogP contribution in [-0.2, 0) is 10.0 Å². The molecule has 1 fully saturated rings. The zero-order valence-corrected chi connectivity index (χ0v) is 14.6. The van der Waals surface area contributed by atoms with Crippen LogP contribution in [0.3, 0.4) is 0 Å². The normalized spacial score (nSPS) is 17.0. The zero-order valence-electron chi connectivity index (χ0n) is 13.8. The Balaban J connectivity index is 2.38. The Labute approximate surface area is 137 Å². The first-order valence-corrected chi connectivity index (χ1v) is 9.33. The van der Waals surface area contributed by atoms with Gasteiger partial charge in [0, 0.05) is 24.7 Å². The summed E-state index contributed by atoms with van der Waals surface area (Å²) in [5.41, 5.74) is 0.323. The lowest BCUT2D eigenvalue weighted by Crippen LogP contribution is -2.32. The van der Waals surface area contributed by atoms with Crippen LogP contribution in [0.15, 0.2) is 23.1 Å². The molecular formula is C16H24N2O4S. The average molecular weight is 340 g/mol. The second-order valence-electron chi connectivity index (χ2n) is 5.76. The summed E-state index contributed by atoms with van der Waals surface area (Å²) in [6.07, 6.45) is 2.52. The molecule has 1 atom stereocenters. The van der Waals surface area contributed by atoms with Gasteiger partial charge in [-0.1, -0.05) is 6.92 Å². The third kappa shape index (κ3) is 3.84. The highest BCUT2D eigenvalue weighted by molar-refractivity contribution is 7.89. The lowest BCUT2D eigenvalue weighted by Gasteiger charge is -2.18. The number of carbonyl (C=O) groups is 1. The maximum atomic E-state index is 12.8. The zero-order chi connectivity index (χ0) is 17.0. The molecule has 1 aliphatic heterocycles. The fourth-order valence-electron chi connectivity index (χ4n) is 2.50. The number of nitrogens with zero attached hydrogens (tertiary/aromatic N) is 1. The van der Waals surface area contributed by atoms with E-state index in [0.29, 0.717) is 18.7 Å². The summed E-state index contributed by atoms with van der Waals surface area (Å²) in [4.78, 5) is 12.3. The van der Waals surface area contributed by atoms with Crippen LogP contribution >= 0.6 is 0 Å². The number of hydrogen-bond donors (Lipinski definition) is 1. The molecule has 1 heterocycles. The third-order valence-electron chi connectivity index (χ3n) is 4.10. The SMILES string of the molecule is CC[C@H](C)NC(=O)c1ccc(OC)c(S(=O)(=O)N2CCCC2)c1. The van der Waals surface area contributed by atoms with Gasteiger partial charge >= 0.3 is 0 Å². The Morgan fingerprint density at radius 3 is 2.57 bits per heavy atom. The smallest absolute Gasteiger partial charge is 0.251 e. The Morgan fingerprint density at radius 1 is 1.35 bits per heavy atom. The second kappa shape index (κ2) is 7.31. The van der Waals surface area contributed by atoms with Crippen LogP contribution in [0.5, 0.6) is 5.75 Å². The van der Waals surface area contributed by atoms with Gasteiger partial charge in [0.05, 0.1) is 7.11 Å². The summed E-state index contributed by atoms with van der Waals surface area (Å²) in [6.45, 7) is 4.90.